The summed E-state index contributed by atoms with van der Waals surface area (Å²) < 4.78 is 0. The van der Waals surface area contributed by atoms with Crippen molar-refractivity contribution < 1.29 is 0 Å². The van der Waals surface area contributed by atoms with Crippen LogP contribution in [0, 0.1) is 20.8 Å². The average Bonchev–Trinajstić information content (AvgIpc) is 2.18. The lowest BCUT2D eigenvalue weighted by atomic mass is 10.1. The molecule has 1 aromatic rings. The lowest BCUT2D eigenvalue weighted by Crippen LogP contribution is -2.00. The Labute approximate surface area is 81.4 Å². The van der Waals surface area contributed by atoms with Gasteiger partial charge in [-0.25, -0.2) is 0 Å². The molecule has 0 aromatic carbocycles. The van der Waals surface area contributed by atoms with Crippen molar-refractivity contribution in [2.24, 2.45) is 0 Å². The quantitative estimate of drug-likeness (QED) is 0.664. The van der Waals surface area contributed by atoms with Gasteiger partial charge in [-0.15, -0.1) is 0 Å². The Bertz CT molecular complexity index is 267. The third kappa shape index (κ3) is 2.79. The molecule has 1 rings (SSSR count). The molecule has 0 aliphatic heterocycles. The molecule has 1 heterocycles. The molecule has 74 valence electrons. The summed E-state index contributed by atoms with van der Waals surface area (Å²) >= 11 is 0. The fourth-order valence-electron chi connectivity index (χ4n) is 1.11. The molecule has 0 unspecified atom stereocenters. The van der Waals surface area contributed by atoms with Gasteiger partial charge in [-0.2, -0.15) is 10.2 Å². The largest absolute Gasteiger partial charge is 0.155 e. The van der Waals surface area contributed by atoms with Gasteiger partial charge in [-0.1, -0.05) is 20.8 Å². The van der Waals surface area contributed by atoms with Crippen molar-refractivity contribution in [2.75, 3.05) is 0 Å². The van der Waals surface area contributed by atoms with Gasteiger partial charge in [-0.05, 0) is 38.3 Å². The van der Waals surface area contributed by atoms with Crippen LogP contribution in [0.25, 0.3) is 0 Å². The van der Waals surface area contributed by atoms with Crippen LogP contribution >= 0.6 is 0 Å². The van der Waals surface area contributed by atoms with Crippen LogP contribution in [-0.4, -0.2) is 10.2 Å². The summed E-state index contributed by atoms with van der Waals surface area (Å²) in [7, 11) is 0. The molecule has 2 heteroatoms. The molecular formula is C11H20N2. The second-order valence-corrected chi connectivity index (χ2v) is 2.84. The van der Waals surface area contributed by atoms with Gasteiger partial charge in [0.25, 0.3) is 0 Å². The molecule has 0 bridgehead atoms. The molecule has 0 aliphatic rings. The molecule has 0 amide bonds. The van der Waals surface area contributed by atoms with E-state index in [1.165, 1.54) is 11.1 Å². The minimum atomic E-state index is 0.972. The second-order valence-electron chi connectivity index (χ2n) is 2.84. The van der Waals surface area contributed by atoms with Crippen LogP contribution in [0.1, 0.15) is 43.3 Å². The van der Waals surface area contributed by atoms with Gasteiger partial charge in [0.15, 0.2) is 0 Å². The van der Waals surface area contributed by atoms with E-state index in [4.69, 9.17) is 0 Å². The van der Waals surface area contributed by atoms with Gasteiger partial charge >= 0.3 is 0 Å². The van der Waals surface area contributed by atoms with E-state index in [1.807, 2.05) is 20.8 Å². The number of aromatic nitrogens is 2. The molecule has 0 fully saturated rings. The standard InChI is InChI=1S/C9H14N2.C2H6/c1-5-9-7(3)6(2)8(4)10-11-9;1-2/h5H2,1-4H3;1-2H3. The van der Waals surface area contributed by atoms with Crippen LogP contribution in [0.5, 0.6) is 0 Å². The van der Waals surface area contributed by atoms with Crippen molar-refractivity contribution >= 4 is 0 Å². The Morgan fingerprint density at radius 3 is 1.92 bits per heavy atom. The zero-order valence-electron chi connectivity index (χ0n) is 9.60. The van der Waals surface area contributed by atoms with Crippen molar-refractivity contribution in [3.05, 3.63) is 22.5 Å². The van der Waals surface area contributed by atoms with Crippen LogP contribution in [0.2, 0.25) is 0 Å². The molecule has 0 aliphatic carbocycles. The Balaban J connectivity index is 0.000000671. The van der Waals surface area contributed by atoms with E-state index >= 15 is 0 Å². The van der Waals surface area contributed by atoms with Gasteiger partial charge in [0, 0.05) is 0 Å². The smallest absolute Gasteiger partial charge is 0.0660 e. The molecule has 0 saturated carbocycles. The summed E-state index contributed by atoms with van der Waals surface area (Å²) in [6.45, 7) is 12.3. The topological polar surface area (TPSA) is 25.8 Å². The van der Waals surface area contributed by atoms with E-state index in [-0.39, 0.29) is 0 Å². The van der Waals surface area contributed by atoms with Gasteiger partial charge in [0.05, 0.1) is 11.4 Å². The zero-order valence-corrected chi connectivity index (χ0v) is 9.60. The highest BCUT2D eigenvalue weighted by atomic mass is 15.1. The first kappa shape index (κ1) is 12.1. The molecule has 13 heavy (non-hydrogen) atoms. The summed E-state index contributed by atoms with van der Waals surface area (Å²) in [5.74, 6) is 0. The summed E-state index contributed by atoms with van der Waals surface area (Å²) in [6, 6.07) is 0. The maximum atomic E-state index is 4.11. The first-order chi connectivity index (χ1) is 6.16. The van der Waals surface area contributed by atoms with Crippen LogP contribution < -0.4 is 0 Å². The third-order valence-corrected chi connectivity index (χ3v) is 2.19. The predicted molar refractivity (Wildman–Crippen MR) is 57.0 cm³/mol. The fourth-order valence-corrected chi connectivity index (χ4v) is 1.11. The van der Waals surface area contributed by atoms with Crippen LogP contribution in [-0.2, 0) is 6.42 Å². The highest BCUT2D eigenvalue weighted by Gasteiger charge is 2.03. The Morgan fingerprint density at radius 2 is 1.46 bits per heavy atom. The molecule has 0 saturated heterocycles. The minimum absolute atomic E-state index is 0.972. The molecule has 1 aromatic heterocycles. The van der Waals surface area contributed by atoms with Crippen molar-refractivity contribution in [1.82, 2.24) is 10.2 Å². The molecule has 0 radical (unpaired) electrons. The Kier molecular flexibility index (Phi) is 5.28. The summed E-state index contributed by atoms with van der Waals surface area (Å²) in [5.41, 5.74) is 4.73. The van der Waals surface area contributed by atoms with Crippen molar-refractivity contribution in [1.29, 1.82) is 0 Å². The Hall–Kier alpha value is -0.920. The number of rotatable bonds is 1. The first-order valence-corrected chi connectivity index (χ1v) is 4.96. The molecule has 0 atom stereocenters. The maximum Gasteiger partial charge on any atom is 0.0660 e. The van der Waals surface area contributed by atoms with E-state index in [9.17, 15) is 0 Å². The van der Waals surface area contributed by atoms with Crippen molar-refractivity contribution in [2.45, 2.75) is 48.0 Å². The molecule has 0 N–H and O–H groups in total. The number of nitrogens with zero attached hydrogens (tertiary/aromatic N) is 2. The summed E-state index contributed by atoms with van der Waals surface area (Å²) in [5, 5.41) is 8.17. The van der Waals surface area contributed by atoms with E-state index in [0.29, 0.717) is 0 Å². The zero-order chi connectivity index (χ0) is 10.4. The highest BCUT2D eigenvalue weighted by Crippen LogP contribution is 2.11. The van der Waals surface area contributed by atoms with E-state index in [1.54, 1.807) is 0 Å². The minimum Gasteiger partial charge on any atom is -0.155 e. The summed E-state index contributed by atoms with van der Waals surface area (Å²) in [4.78, 5) is 0. The average molecular weight is 180 g/mol. The predicted octanol–water partition coefficient (Wildman–Crippen LogP) is 2.99. The lowest BCUT2D eigenvalue weighted by molar-refractivity contribution is 0.861. The van der Waals surface area contributed by atoms with Gasteiger partial charge in [0.2, 0.25) is 0 Å². The first-order valence-electron chi connectivity index (χ1n) is 4.96. The molecule has 0 spiro atoms. The van der Waals surface area contributed by atoms with Crippen LogP contribution in [0.3, 0.4) is 0 Å². The van der Waals surface area contributed by atoms with Gasteiger partial charge in [-0.3, -0.25) is 0 Å². The maximum absolute atomic E-state index is 4.11. The monoisotopic (exact) mass is 180 g/mol. The fraction of sp³-hybridized carbons (Fsp3) is 0.636. The SMILES string of the molecule is CC.CCc1nnc(C)c(C)c1C. The van der Waals surface area contributed by atoms with E-state index in [2.05, 4.69) is 31.0 Å². The normalized spacial score (nSPS) is 9.08. The van der Waals surface area contributed by atoms with E-state index in [0.717, 1.165) is 17.8 Å². The van der Waals surface area contributed by atoms with E-state index < -0.39 is 0 Å². The van der Waals surface area contributed by atoms with Crippen LogP contribution in [0.4, 0.5) is 0 Å². The number of hydrogen-bond donors (Lipinski definition) is 0. The molecular weight excluding hydrogens is 160 g/mol. The third-order valence-electron chi connectivity index (χ3n) is 2.19. The highest BCUT2D eigenvalue weighted by molar-refractivity contribution is 5.29. The van der Waals surface area contributed by atoms with Crippen LogP contribution in [0.15, 0.2) is 0 Å². The van der Waals surface area contributed by atoms with Crippen molar-refractivity contribution in [3.63, 3.8) is 0 Å². The lowest BCUT2D eigenvalue weighted by Gasteiger charge is -2.05. The summed E-state index contributed by atoms with van der Waals surface area (Å²) in [6.07, 6.45) is 0.972. The second kappa shape index (κ2) is 5.68. The number of hydrogen-bond acceptors (Lipinski definition) is 2. The van der Waals surface area contributed by atoms with Gasteiger partial charge in [0.1, 0.15) is 0 Å². The molecule has 2 nitrogen and oxygen atoms in total. The number of aryl methyl sites for hydroxylation is 2. The van der Waals surface area contributed by atoms with Gasteiger partial charge < -0.3 is 0 Å². The van der Waals surface area contributed by atoms with Crippen molar-refractivity contribution in [3.8, 4) is 0 Å². The Morgan fingerprint density at radius 1 is 0.923 bits per heavy atom.